The predicted octanol–water partition coefficient (Wildman–Crippen LogP) is 3.40. The number of carbonyl (C=O) groups is 1. The molecular formula is C17H23ClN2OS. The zero-order valence-corrected chi connectivity index (χ0v) is 14.8. The summed E-state index contributed by atoms with van der Waals surface area (Å²) in [5.41, 5.74) is 6.03. The van der Waals surface area contributed by atoms with Gasteiger partial charge in [0.1, 0.15) is 5.54 Å². The van der Waals surface area contributed by atoms with Crippen LogP contribution >= 0.6 is 23.7 Å². The minimum Gasteiger partial charge on any atom is -0.351 e. The van der Waals surface area contributed by atoms with Crippen LogP contribution in [0, 0.1) is 6.92 Å². The van der Waals surface area contributed by atoms with Gasteiger partial charge in [-0.05, 0) is 38.5 Å². The molecule has 2 unspecified atom stereocenters. The van der Waals surface area contributed by atoms with Crippen molar-refractivity contribution < 1.29 is 4.79 Å². The molecule has 3 nitrogen and oxygen atoms in total. The Bertz CT molecular complexity index is 610. The van der Waals surface area contributed by atoms with Crippen LogP contribution in [0.4, 0.5) is 0 Å². The molecule has 0 aliphatic carbocycles. The minimum atomic E-state index is -1.01. The number of carbonyl (C=O) groups excluding carboxylic acids is 1. The lowest BCUT2D eigenvalue weighted by Crippen LogP contribution is -2.51. The summed E-state index contributed by atoms with van der Waals surface area (Å²) in [6, 6.07) is 13.7. The molecule has 0 aliphatic heterocycles. The maximum atomic E-state index is 12.4. The fourth-order valence-electron chi connectivity index (χ4n) is 2.24. The fourth-order valence-corrected chi connectivity index (χ4v) is 3.26. The number of benzene rings is 1. The molecule has 0 saturated carbocycles. The number of nitrogens with one attached hydrogen (secondary N) is 1. The second-order valence-electron chi connectivity index (χ2n) is 5.66. The Hall–Kier alpha value is -1.36. The molecule has 0 saturated heterocycles. The molecule has 2 atom stereocenters. The molecule has 1 aromatic heterocycles. The summed E-state index contributed by atoms with van der Waals surface area (Å²) >= 11 is 1.76. The van der Waals surface area contributed by atoms with Crippen molar-refractivity contribution in [3.63, 3.8) is 0 Å². The third-order valence-corrected chi connectivity index (χ3v) is 4.55. The Morgan fingerprint density at radius 3 is 2.45 bits per heavy atom. The van der Waals surface area contributed by atoms with Gasteiger partial charge < -0.3 is 11.1 Å². The first-order valence-corrected chi connectivity index (χ1v) is 7.92. The van der Waals surface area contributed by atoms with Gasteiger partial charge in [0.25, 0.3) is 0 Å². The third kappa shape index (κ3) is 4.57. The van der Waals surface area contributed by atoms with Gasteiger partial charge in [0.05, 0.1) is 0 Å². The summed E-state index contributed by atoms with van der Waals surface area (Å²) in [4.78, 5) is 15.0. The van der Waals surface area contributed by atoms with E-state index in [1.165, 1.54) is 9.75 Å². The van der Waals surface area contributed by atoms with Crippen LogP contribution in [-0.4, -0.2) is 11.9 Å². The summed E-state index contributed by atoms with van der Waals surface area (Å²) in [7, 11) is 0. The Morgan fingerprint density at radius 2 is 1.91 bits per heavy atom. The molecule has 2 rings (SSSR count). The Balaban J connectivity index is 0.00000242. The molecule has 0 aliphatic rings. The van der Waals surface area contributed by atoms with Crippen molar-refractivity contribution in [3.8, 4) is 0 Å². The number of amides is 1. The average molecular weight is 339 g/mol. The van der Waals surface area contributed by atoms with Crippen molar-refractivity contribution in [2.45, 2.75) is 38.8 Å². The number of halogens is 1. The number of hydrogen-bond acceptors (Lipinski definition) is 3. The Labute approximate surface area is 142 Å². The Morgan fingerprint density at radius 1 is 1.27 bits per heavy atom. The van der Waals surface area contributed by atoms with Crippen LogP contribution in [0.1, 0.15) is 29.2 Å². The number of nitrogens with two attached hydrogens (primary N) is 1. The topological polar surface area (TPSA) is 55.1 Å². The zero-order chi connectivity index (χ0) is 15.5. The smallest absolute Gasteiger partial charge is 0.244 e. The number of aryl methyl sites for hydroxylation is 1. The van der Waals surface area contributed by atoms with E-state index >= 15 is 0 Å². The van der Waals surface area contributed by atoms with Crippen LogP contribution in [0.25, 0.3) is 0 Å². The molecule has 0 spiro atoms. The first-order valence-electron chi connectivity index (χ1n) is 7.10. The molecule has 22 heavy (non-hydrogen) atoms. The van der Waals surface area contributed by atoms with E-state index in [1.54, 1.807) is 18.3 Å². The van der Waals surface area contributed by atoms with Crippen molar-refractivity contribution in [1.29, 1.82) is 0 Å². The van der Waals surface area contributed by atoms with Crippen LogP contribution < -0.4 is 11.1 Å². The highest BCUT2D eigenvalue weighted by Crippen LogP contribution is 2.19. The van der Waals surface area contributed by atoms with E-state index in [0.29, 0.717) is 0 Å². The number of thiophene rings is 1. The normalized spacial score (nSPS) is 14.5. The van der Waals surface area contributed by atoms with E-state index in [4.69, 9.17) is 5.73 Å². The standard InChI is InChI=1S/C17H22N2OS.ClH/c1-12(11-15-10-9-13(2)21-15)19-16(20)17(3,18)14-7-5-4-6-8-14;/h4-10,12H,11,18H2,1-3H3,(H,19,20);1H. The highest BCUT2D eigenvalue weighted by molar-refractivity contribution is 7.11. The van der Waals surface area contributed by atoms with Gasteiger partial charge in [0, 0.05) is 22.2 Å². The van der Waals surface area contributed by atoms with Gasteiger partial charge in [-0.15, -0.1) is 23.7 Å². The number of hydrogen-bond donors (Lipinski definition) is 2. The molecule has 1 heterocycles. The van der Waals surface area contributed by atoms with Crippen molar-refractivity contribution >= 4 is 29.7 Å². The van der Waals surface area contributed by atoms with E-state index in [0.717, 1.165) is 12.0 Å². The van der Waals surface area contributed by atoms with Gasteiger partial charge in [-0.25, -0.2) is 0 Å². The molecule has 2 aromatic rings. The third-order valence-electron chi connectivity index (χ3n) is 3.53. The summed E-state index contributed by atoms with van der Waals surface area (Å²) in [6.07, 6.45) is 0.828. The molecule has 1 amide bonds. The monoisotopic (exact) mass is 338 g/mol. The van der Waals surface area contributed by atoms with Crippen LogP contribution in [0.3, 0.4) is 0 Å². The van der Waals surface area contributed by atoms with Gasteiger partial charge in [0.15, 0.2) is 0 Å². The van der Waals surface area contributed by atoms with E-state index in [2.05, 4.69) is 24.4 Å². The average Bonchev–Trinajstić information content (AvgIpc) is 2.84. The van der Waals surface area contributed by atoms with Crippen molar-refractivity contribution in [1.82, 2.24) is 5.32 Å². The maximum Gasteiger partial charge on any atom is 0.244 e. The SMILES string of the molecule is Cc1ccc(CC(C)NC(=O)C(C)(N)c2ccccc2)s1.Cl. The molecule has 1 aromatic carbocycles. The van der Waals surface area contributed by atoms with Crippen molar-refractivity contribution in [2.75, 3.05) is 0 Å². The van der Waals surface area contributed by atoms with E-state index in [-0.39, 0.29) is 24.4 Å². The van der Waals surface area contributed by atoms with Crippen molar-refractivity contribution in [3.05, 3.63) is 57.8 Å². The van der Waals surface area contributed by atoms with Crippen LogP contribution in [-0.2, 0) is 16.8 Å². The van der Waals surface area contributed by atoms with E-state index in [9.17, 15) is 4.79 Å². The maximum absolute atomic E-state index is 12.4. The second-order valence-corrected chi connectivity index (χ2v) is 7.03. The molecule has 120 valence electrons. The van der Waals surface area contributed by atoms with Gasteiger partial charge >= 0.3 is 0 Å². The van der Waals surface area contributed by atoms with Crippen LogP contribution in [0.5, 0.6) is 0 Å². The lowest BCUT2D eigenvalue weighted by Gasteiger charge is -2.26. The lowest BCUT2D eigenvalue weighted by molar-refractivity contribution is -0.126. The van der Waals surface area contributed by atoms with Gasteiger partial charge in [-0.1, -0.05) is 30.3 Å². The molecule has 0 fully saturated rings. The van der Waals surface area contributed by atoms with Gasteiger partial charge in [0.2, 0.25) is 5.91 Å². The van der Waals surface area contributed by atoms with Crippen molar-refractivity contribution in [2.24, 2.45) is 5.73 Å². The summed E-state index contributed by atoms with van der Waals surface area (Å²) in [5, 5.41) is 3.02. The molecular weight excluding hydrogens is 316 g/mol. The first-order chi connectivity index (χ1) is 9.89. The van der Waals surface area contributed by atoms with Gasteiger partial charge in [-0.2, -0.15) is 0 Å². The highest BCUT2D eigenvalue weighted by Gasteiger charge is 2.31. The molecule has 0 bridgehead atoms. The molecule has 5 heteroatoms. The zero-order valence-electron chi connectivity index (χ0n) is 13.1. The fraction of sp³-hybridized carbons (Fsp3) is 0.353. The first kappa shape index (κ1) is 18.7. The summed E-state index contributed by atoms with van der Waals surface area (Å²) in [5.74, 6) is -0.144. The summed E-state index contributed by atoms with van der Waals surface area (Å²) < 4.78 is 0. The van der Waals surface area contributed by atoms with E-state index < -0.39 is 5.54 Å². The Kier molecular flexibility index (Phi) is 6.60. The molecule has 0 radical (unpaired) electrons. The number of rotatable bonds is 5. The van der Waals surface area contributed by atoms with Crippen LogP contribution in [0.15, 0.2) is 42.5 Å². The minimum absolute atomic E-state index is 0. The van der Waals surface area contributed by atoms with E-state index in [1.807, 2.05) is 37.3 Å². The summed E-state index contributed by atoms with van der Waals surface area (Å²) in [6.45, 7) is 5.84. The van der Waals surface area contributed by atoms with Gasteiger partial charge in [-0.3, -0.25) is 4.79 Å². The largest absolute Gasteiger partial charge is 0.351 e. The lowest BCUT2D eigenvalue weighted by atomic mass is 9.92. The predicted molar refractivity (Wildman–Crippen MR) is 95.6 cm³/mol. The molecule has 3 N–H and O–H groups in total. The second kappa shape index (κ2) is 7.77. The quantitative estimate of drug-likeness (QED) is 0.877. The highest BCUT2D eigenvalue weighted by atomic mass is 35.5. The van der Waals surface area contributed by atoms with Crippen LogP contribution in [0.2, 0.25) is 0 Å².